The van der Waals surface area contributed by atoms with Crippen molar-refractivity contribution in [1.29, 1.82) is 0 Å². The average Bonchev–Trinajstić information content (AvgIpc) is 2.39. The van der Waals surface area contributed by atoms with Gasteiger partial charge in [-0.2, -0.15) is 0 Å². The maximum Gasteiger partial charge on any atom is 2.00 e. The molecule has 15 heteroatoms. The maximum absolute atomic E-state index is 10.7. The number of carboxylic acids is 2. The van der Waals surface area contributed by atoms with Crippen LogP contribution in [0.25, 0.3) is 11.4 Å². The first-order valence-corrected chi connectivity index (χ1v) is 4.93. The van der Waals surface area contributed by atoms with Gasteiger partial charge in [-0.05, 0) is 24.3 Å². The van der Waals surface area contributed by atoms with Crippen molar-refractivity contribution in [3.8, 4) is 11.4 Å². The van der Waals surface area contributed by atoms with E-state index in [0.717, 1.165) is 0 Å². The van der Waals surface area contributed by atoms with E-state index in [9.17, 15) is 19.8 Å². The summed E-state index contributed by atoms with van der Waals surface area (Å²) in [5, 5.41) is 21.4. The largest absolute Gasteiger partial charge is 2.00 e. The van der Waals surface area contributed by atoms with Crippen molar-refractivity contribution in [3.05, 3.63) is 47.8 Å². The predicted octanol–water partition coefficient (Wildman–Crippen LogP) is -8.12. The van der Waals surface area contributed by atoms with Crippen molar-refractivity contribution in [2.75, 3.05) is 0 Å². The number of carbonyl (C=O) groups excluding carboxylic acids is 2. The Balaban J connectivity index is -0.0000000669. The second-order valence-electron chi connectivity index (χ2n) is 3.43. The third-order valence-electron chi connectivity index (χ3n) is 2.25. The van der Waals surface area contributed by atoms with Gasteiger partial charge < -0.3 is 63.6 Å². The minimum atomic E-state index is -1.34. The molecule has 0 fully saturated rings. The van der Waals surface area contributed by atoms with Crippen LogP contribution in [0.15, 0.2) is 36.7 Å². The van der Waals surface area contributed by atoms with Crippen LogP contribution in [0.5, 0.6) is 0 Å². The summed E-state index contributed by atoms with van der Waals surface area (Å²) in [4.78, 5) is 29.2. The van der Waals surface area contributed by atoms with Gasteiger partial charge in [0.2, 0.25) is 0 Å². The molecule has 2 aromatic heterocycles. The summed E-state index contributed by atoms with van der Waals surface area (Å²) >= 11 is 0. The molecule has 0 spiro atoms. The molecule has 27 heavy (non-hydrogen) atoms. The van der Waals surface area contributed by atoms with Crippen LogP contribution in [0.1, 0.15) is 20.7 Å². The van der Waals surface area contributed by atoms with Crippen LogP contribution in [0.4, 0.5) is 0 Å². The van der Waals surface area contributed by atoms with Crippen LogP contribution in [-0.4, -0.2) is 43.8 Å². The van der Waals surface area contributed by atoms with Crippen LogP contribution in [0.3, 0.4) is 0 Å². The van der Waals surface area contributed by atoms with E-state index in [1.807, 2.05) is 0 Å². The van der Waals surface area contributed by atoms with E-state index in [1.165, 1.54) is 36.7 Å². The maximum atomic E-state index is 10.7. The van der Waals surface area contributed by atoms with Crippen molar-refractivity contribution in [2.45, 2.75) is 0 Å². The number of hydrogen-bond acceptors (Lipinski definition) is 6. The molecule has 161 valence electrons. The zero-order valence-corrected chi connectivity index (χ0v) is 14.7. The Labute approximate surface area is 162 Å². The zero-order chi connectivity index (χ0) is 13.1. The Morgan fingerprint density at radius 2 is 0.926 bits per heavy atom. The first-order chi connectivity index (χ1) is 8.58. The van der Waals surface area contributed by atoms with Crippen molar-refractivity contribution in [3.63, 3.8) is 0 Å². The van der Waals surface area contributed by atoms with E-state index in [1.54, 1.807) is 0 Å². The van der Waals surface area contributed by atoms with Crippen LogP contribution in [0.2, 0.25) is 0 Å². The van der Waals surface area contributed by atoms with Crippen molar-refractivity contribution in [2.24, 2.45) is 0 Å². The molecule has 0 atom stereocenters. The topological polar surface area (TPSA) is 364 Å². The van der Waals surface area contributed by atoms with Gasteiger partial charge >= 0.3 is 16.8 Å². The SMILES string of the molecule is O.O.O.O.O=C([O-])c1ccnc(-c2cc(C(=O)[O-])ccn2)c1.[Co+2].[OH3+].[OH3+].[OH3+].[OH3+]. The van der Waals surface area contributed by atoms with Gasteiger partial charge in [-0.25, -0.2) is 0 Å². The minimum absolute atomic E-state index is 0. The van der Waals surface area contributed by atoms with Gasteiger partial charge in [0, 0.05) is 23.5 Å². The molecule has 2 aromatic rings. The molecular weight excluding hydrogens is 423 g/mol. The smallest absolute Gasteiger partial charge is 0.545 e. The average molecular weight is 449 g/mol. The Bertz CT molecular complexity index is 588. The molecule has 0 aliphatic carbocycles. The summed E-state index contributed by atoms with van der Waals surface area (Å²) in [5.74, 6) is -2.68. The zero-order valence-electron chi connectivity index (χ0n) is 13.6. The monoisotopic (exact) mass is 449 g/mol. The second-order valence-corrected chi connectivity index (χ2v) is 3.43. The fourth-order valence-electron chi connectivity index (χ4n) is 1.40. The van der Waals surface area contributed by atoms with Gasteiger partial charge in [0.15, 0.2) is 0 Å². The summed E-state index contributed by atoms with van der Waals surface area (Å²) in [6.07, 6.45) is 2.57. The Morgan fingerprint density at radius 3 is 1.15 bits per heavy atom. The fraction of sp³-hybridized carbons (Fsp3) is 0. The molecule has 0 unspecified atom stereocenters. The van der Waals surface area contributed by atoms with Crippen molar-refractivity contribution < 1.29 is 80.4 Å². The Kier molecular flexibility index (Phi) is 39.5. The predicted molar refractivity (Wildman–Crippen MR) is 90.1 cm³/mol. The molecule has 2 rings (SSSR count). The second kappa shape index (κ2) is 21.5. The van der Waals surface area contributed by atoms with Gasteiger partial charge in [0.25, 0.3) is 0 Å². The number of rotatable bonds is 3. The number of aromatic carboxylic acids is 2. The quantitative estimate of drug-likeness (QED) is 0.409. The minimum Gasteiger partial charge on any atom is -0.545 e. The van der Waals surface area contributed by atoms with E-state index in [4.69, 9.17) is 0 Å². The summed E-state index contributed by atoms with van der Waals surface area (Å²) in [6.45, 7) is 0. The first-order valence-electron chi connectivity index (χ1n) is 4.93. The molecule has 1 radical (unpaired) electrons. The molecule has 0 amide bonds. The number of carboxylic acid groups (broad SMARTS) is 2. The van der Waals surface area contributed by atoms with Gasteiger partial charge in [-0.1, -0.05) is 0 Å². The van der Waals surface area contributed by atoms with Gasteiger partial charge in [-0.15, -0.1) is 0 Å². The molecule has 20 N–H and O–H groups in total. The molecule has 2 heterocycles. The summed E-state index contributed by atoms with van der Waals surface area (Å²) in [7, 11) is 0. The number of aromatic nitrogens is 2. The van der Waals surface area contributed by atoms with Gasteiger partial charge in [0.1, 0.15) is 0 Å². The molecule has 0 saturated heterocycles. The van der Waals surface area contributed by atoms with E-state index in [0.29, 0.717) is 0 Å². The van der Waals surface area contributed by atoms with Gasteiger partial charge in [-0.3, -0.25) is 9.97 Å². The Hall–Kier alpha value is -2.57. The molecule has 14 nitrogen and oxygen atoms in total. The number of pyridine rings is 2. The molecular formula is C12H26CoN2O12+4. The van der Waals surface area contributed by atoms with Crippen LogP contribution < -0.4 is 10.2 Å². The van der Waals surface area contributed by atoms with Gasteiger partial charge in [0.05, 0.1) is 23.3 Å². The van der Waals surface area contributed by atoms with E-state index in [2.05, 4.69) is 9.97 Å². The van der Waals surface area contributed by atoms with Crippen LogP contribution in [-0.2, 0) is 38.7 Å². The number of hydrogen-bond donors (Lipinski definition) is 0. The van der Waals surface area contributed by atoms with Crippen molar-refractivity contribution in [1.82, 2.24) is 9.97 Å². The van der Waals surface area contributed by atoms with Crippen LogP contribution in [0, 0.1) is 0 Å². The normalized spacial score (nSPS) is 6.67. The molecule has 0 aliphatic rings. The standard InChI is InChI=1S/C12H8N2O4.Co.8H2O/c15-11(16)7-1-3-13-9(5-7)10-6-8(12(17)18)2-4-14-10;;;;;;;;;/h1-6H,(H,15,16)(H,17,18);;8*1H2/q;+2;;;;;;;;/p+2. The van der Waals surface area contributed by atoms with E-state index >= 15 is 0 Å². The molecule has 0 aliphatic heterocycles. The van der Waals surface area contributed by atoms with E-state index < -0.39 is 11.9 Å². The third-order valence-corrected chi connectivity index (χ3v) is 2.25. The summed E-state index contributed by atoms with van der Waals surface area (Å²) in [5.41, 5.74) is 0.390. The van der Waals surface area contributed by atoms with E-state index in [-0.39, 0.29) is 83.1 Å². The van der Waals surface area contributed by atoms with Crippen LogP contribution >= 0.6 is 0 Å². The molecule has 0 bridgehead atoms. The third kappa shape index (κ3) is 12.4. The number of nitrogens with zero attached hydrogens (tertiary/aromatic N) is 2. The number of carbonyl (C=O) groups is 2. The summed E-state index contributed by atoms with van der Waals surface area (Å²) in [6, 6.07) is 5.08. The Morgan fingerprint density at radius 1 is 0.667 bits per heavy atom. The molecule has 0 saturated carbocycles. The summed E-state index contributed by atoms with van der Waals surface area (Å²) < 4.78 is 0. The van der Waals surface area contributed by atoms with Crippen molar-refractivity contribution >= 4 is 11.9 Å². The first kappa shape index (κ1) is 49.7. The fourth-order valence-corrected chi connectivity index (χ4v) is 1.40. The molecule has 0 aromatic carbocycles.